The number of nitrogens with one attached hydrogen (secondary N) is 1. The zero-order valence-corrected chi connectivity index (χ0v) is 14.1. The quantitative estimate of drug-likeness (QED) is 0.677. The van der Waals surface area contributed by atoms with Gasteiger partial charge in [0.25, 0.3) is 0 Å². The van der Waals surface area contributed by atoms with Gasteiger partial charge in [0, 0.05) is 38.8 Å². The summed E-state index contributed by atoms with van der Waals surface area (Å²) in [5.41, 5.74) is 0.439. The van der Waals surface area contributed by atoms with Gasteiger partial charge in [-0.25, -0.2) is 0 Å². The number of aliphatic hydroxyl groups excluding tert-OH is 1. The first kappa shape index (κ1) is 17.2. The van der Waals surface area contributed by atoms with Crippen LogP contribution in [0.1, 0.15) is 46.0 Å². The summed E-state index contributed by atoms with van der Waals surface area (Å²) in [6.45, 7) is 12.9. The van der Waals surface area contributed by atoms with Gasteiger partial charge in [-0.05, 0) is 50.6 Å². The molecule has 0 bridgehead atoms. The van der Waals surface area contributed by atoms with Crippen LogP contribution in [0.4, 0.5) is 0 Å². The Morgan fingerprint density at radius 1 is 1.05 bits per heavy atom. The summed E-state index contributed by atoms with van der Waals surface area (Å²) in [5.74, 6) is 0. The van der Waals surface area contributed by atoms with Crippen molar-refractivity contribution in [2.75, 3.05) is 52.4 Å². The van der Waals surface area contributed by atoms with E-state index in [1.807, 2.05) is 0 Å². The Kier molecular flexibility index (Phi) is 6.93. The Morgan fingerprint density at radius 3 is 2.33 bits per heavy atom. The maximum absolute atomic E-state index is 9.10. The number of rotatable bonds is 9. The average molecular weight is 297 g/mol. The van der Waals surface area contributed by atoms with Gasteiger partial charge in [-0.3, -0.25) is 4.90 Å². The molecule has 2 N–H and O–H groups in total. The van der Waals surface area contributed by atoms with Crippen LogP contribution in [0.5, 0.6) is 0 Å². The predicted molar refractivity (Wildman–Crippen MR) is 88.6 cm³/mol. The zero-order chi connectivity index (χ0) is 15.1. The molecule has 0 radical (unpaired) electrons. The third-order valence-electron chi connectivity index (χ3n) is 5.50. The maximum Gasteiger partial charge on any atom is 0.0558 e. The standard InChI is InChI=1S/C17H35N3O/c1-3-17(4-2,14-18-16-6-7-16)15-20-9-5-8-19(10-11-20)12-13-21/h16,18,21H,3-15H2,1-2H3. The highest BCUT2D eigenvalue weighted by atomic mass is 16.3. The van der Waals surface area contributed by atoms with E-state index in [9.17, 15) is 0 Å². The van der Waals surface area contributed by atoms with Crippen molar-refractivity contribution in [1.29, 1.82) is 0 Å². The van der Waals surface area contributed by atoms with Crippen molar-refractivity contribution in [2.45, 2.75) is 52.0 Å². The molecule has 1 saturated heterocycles. The fraction of sp³-hybridized carbons (Fsp3) is 1.00. The topological polar surface area (TPSA) is 38.7 Å². The van der Waals surface area contributed by atoms with Crippen LogP contribution >= 0.6 is 0 Å². The van der Waals surface area contributed by atoms with Crippen molar-refractivity contribution in [3.63, 3.8) is 0 Å². The molecule has 1 saturated carbocycles. The van der Waals surface area contributed by atoms with Crippen LogP contribution in [-0.4, -0.2) is 73.4 Å². The minimum Gasteiger partial charge on any atom is -0.395 e. The van der Waals surface area contributed by atoms with E-state index in [1.54, 1.807) is 0 Å². The van der Waals surface area contributed by atoms with Crippen molar-refractivity contribution in [3.05, 3.63) is 0 Å². The second-order valence-corrected chi connectivity index (χ2v) is 7.06. The van der Waals surface area contributed by atoms with E-state index in [2.05, 4.69) is 29.0 Å². The first-order valence-electron chi connectivity index (χ1n) is 9.00. The van der Waals surface area contributed by atoms with Crippen LogP contribution in [0.2, 0.25) is 0 Å². The van der Waals surface area contributed by atoms with E-state index in [4.69, 9.17) is 5.11 Å². The van der Waals surface area contributed by atoms with Gasteiger partial charge in [-0.15, -0.1) is 0 Å². The van der Waals surface area contributed by atoms with Crippen LogP contribution in [0.15, 0.2) is 0 Å². The van der Waals surface area contributed by atoms with Gasteiger partial charge in [0.1, 0.15) is 0 Å². The van der Waals surface area contributed by atoms with Crippen LogP contribution in [0.3, 0.4) is 0 Å². The summed E-state index contributed by atoms with van der Waals surface area (Å²) in [5, 5.41) is 12.9. The number of β-amino-alcohol motifs (C(OH)–C–C–N with tert-alkyl or cyclic N) is 1. The fourth-order valence-electron chi connectivity index (χ4n) is 3.45. The van der Waals surface area contributed by atoms with Crippen molar-refractivity contribution >= 4 is 0 Å². The number of nitrogens with zero attached hydrogens (tertiary/aromatic N) is 2. The van der Waals surface area contributed by atoms with Crippen LogP contribution in [0.25, 0.3) is 0 Å². The lowest BCUT2D eigenvalue weighted by Crippen LogP contribution is -2.45. The molecule has 0 atom stereocenters. The summed E-state index contributed by atoms with van der Waals surface area (Å²) in [7, 11) is 0. The summed E-state index contributed by atoms with van der Waals surface area (Å²) in [6.07, 6.45) is 6.52. The molecule has 2 rings (SSSR count). The van der Waals surface area contributed by atoms with E-state index in [-0.39, 0.29) is 0 Å². The van der Waals surface area contributed by atoms with Crippen molar-refractivity contribution in [2.24, 2.45) is 5.41 Å². The molecule has 0 spiro atoms. The van der Waals surface area contributed by atoms with Gasteiger partial charge in [0.15, 0.2) is 0 Å². The first-order valence-corrected chi connectivity index (χ1v) is 9.00. The Balaban J connectivity index is 1.83. The molecule has 0 amide bonds. The van der Waals surface area contributed by atoms with E-state index < -0.39 is 0 Å². The second kappa shape index (κ2) is 8.47. The van der Waals surface area contributed by atoms with Gasteiger partial charge in [-0.2, -0.15) is 0 Å². The molecule has 0 aromatic carbocycles. The molecule has 2 aliphatic rings. The number of aliphatic hydroxyl groups is 1. The van der Waals surface area contributed by atoms with Crippen molar-refractivity contribution in [1.82, 2.24) is 15.1 Å². The third kappa shape index (κ3) is 5.51. The van der Waals surface area contributed by atoms with Gasteiger partial charge in [0.2, 0.25) is 0 Å². The highest BCUT2D eigenvalue weighted by Crippen LogP contribution is 2.29. The highest BCUT2D eigenvalue weighted by Gasteiger charge is 2.32. The molecule has 4 nitrogen and oxygen atoms in total. The normalized spacial score (nSPS) is 22.4. The minimum absolute atomic E-state index is 0.291. The lowest BCUT2D eigenvalue weighted by atomic mass is 9.81. The molecule has 1 aliphatic heterocycles. The smallest absolute Gasteiger partial charge is 0.0558 e. The van der Waals surface area contributed by atoms with E-state index in [0.717, 1.165) is 32.2 Å². The lowest BCUT2D eigenvalue weighted by Gasteiger charge is -2.37. The van der Waals surface area contributed by atoms with Crippen molar-refractivity contribution < 1.29 is 5.11 Å². The fourth-order valence-corrected chi connectivity index (χ4v) is 3.45. The number of hydrogen-bond donors (Lipinski definition) is 2. The minimum atomic E-state index is 0.291. The Morgan fingerprint density at radius 2 is 1.71 bits per heavy atom. The van der Waals surface area contributed by atoms with Crippen LogP contribution in [-0.2, 0) is 0 Å². The van der Waals surface area contributed by atoms with Gasteiger partial charge in [0.05, 0.1) is 6.61 Å². The first-order chi connectivity index (χ1) is 10.2. The zero-order valence-electron chi connectivity index (χ0n) is 14.1. The second-order valence-electron chi connectivity index (χ2n) is 7.06. The van der Waals surface area contributed by atoms with Crippen molar-refractivity contribution in [3.8, 4) is 0 Å². The molecular formula is C17H35N3O. The van der Waals surface area contributed by atoms with Crippen LogP contribution in [0, 0.1) is 5.41 Å². The van der Waals surface area contributed by atoms with E-state index >= 15 is 0 Å². The largest absolute Gasteiger partial charge is 0.395 e. The molecule has 4 heteroatoms. The van der Waals surface area contributed by atoms with E-state index in [1.165, 1.54) is 51.7 Å². The van der Waals surface area contributed by atoms with Gasteiger partial charge >= 0.3 is 0 Å². The van der Waals surface area contributed by atoms with Gasteiger partial charge < -0.3 is 15.3 Å². The molecule has 0 aromatic heterocycles. The van der Waals surface area contributed by atoms with Gasteiger partial charge in [-0.1, -0.05) is 13.8 Å². The third-order valence-corrected chi connectivity index (χ3v) is 5.50. The molecule has 21 heavy (non-hydrogen) atoms. The average Bonchev–Trinajstić information content (AvgIpc) is 3.33. The Bertz CT molecular complexity index is 290. The molecule has 0 unspecified atom stereocenters. The molecule has 2 fully saturated rings. The lowest BCUT2D eigenvalue weighted by molar-refractivity contribution is 0.134. The maximum atomic E-state index is 9.10. The summed E-state index contributed by atoms with van der Waals surface area (Å²) in [4.78, 5) is 5.07. The Labute approximate surface area is 130 Å². The molecule has 1 heterocycles. The SMILES string of the molecule is CCC(CC)(CNC1CC1)CN1CCCN(CCO)CC1. The number of hydrogen-bond acceptors (Lipinski definition) is 4. The summed E-state index contributed by atoms with van der Waals surface area (Å²) < 4.78 is 0. The monoisotopic (exact) mass is 297 g/mol. The summed E-state index contributed by atoms with van der Waals surface area (Å²) in [6, 6.07) is 0.812. The summed E-state index contributed by atoms with van der Waals surface area (Å²) >= 11 is 0. The molecule has 1 aliphatic carbocycles. The molecule has 0 aromatic rings. The molecule has 124 valence electrons. The molecular weight excluding hydrogens is 262 g/mol. The predicted octanol–water partition coefficient (Wildman–Crippen LogP) is 1.54. The Hall–Kier alpha value is -0.160. The van der Waals surface area contributed by atoms with Crippen LogP contribution < -0.4 is 5.32 Å². The highest BCUT2D eigenvalue weighted by molar-refractivity contribution is 4.89. The van der Waals surface area contributed by atoms with E-state index in [0.29, 0.717) is 12.0 Å².